The highest BCUT2D eigenvalue weighted by Crippen LogP contribution is 2.27. The average Bonchev–Trinajstić information content (AvgIpc) is 3.24. The molecule has 3 heterocycles. The second-order valence-corrected chi connectivity index (χ2v) is 7.45. The second-order valence-electron chi connectivity index (χ2n) is 7.45. The van der Waals surface area contributed by atoms with Crippen LogP contribution in [0.3, 0.4) is 0 Å². The maximum Gasteiger partial charge on any atom is 0.107 e. The van der Waals surface area contributed by atoms with Gasteiger partial charge in [0.15, 0.2) is 0 Å². The molecule has 2 N–H and O–H groups in total. The molecule has 1 aliphatic heterocycles. The van der Waals surface area contributed by atoms with Crippen molar-refractivity contribution in [1.29, 1.82) is 0 Å². The summed E-state index contributed by atoms with van der Waals surface area (Å²) in [4.78, 5) is 16.6. The first-order valence-electron chi connectivity index (χ1n) is 9.83. The van der Waals surface area contributed by atoms with Crippen LogP contribution in [0.25, 0.3) is 33.2 Å². The van der Waals surface area contributed by atoms with Gasteiger partial charge in [-0.1, -0.05) is 37.8 Å². The molecule has 132 valence electrons. The van der Waals surface area contributed by atoms with Gasteiger partial charge < -0.3 is 9.97 Å². The summed E-state index contributed by atoms with van der Waals surface area (Å²) in [6, 6.07) is 13.0. The van der Waals surface area contributed by atoms with E-state index in [0.29, 0.717) is 0 Å². The number of nitrogens with one attached hydrogen (secondary N) is 2. The number of rotatable bonds is 0. The predicted octanol–water partition coefficient (Wildman–Crippen LogP) is 5.55. The molecule has 4 heteroatoms. The Labute approximate surface area is 153 Å². The number of benzene rings is 2. The first-order valence-corrected chi connectivity index (χ1v) is 9.83. The zero-order valence-corrected chi connectivity index (χ0v) is 15.0. The Hall–Kier alpha value is -2.62. The molecule has 2 aromatic carbocycles. The van der Waals surface area contributed by atoms with Crippen LogP contribution in [0.15, 0.2) is 36.4 Å². The van der Waals surface area contributed by atoms with E-state index >= 15 is 0 Å². The van der Waals surface area contributed by atoms with Crippen LogP contribution in [0.4, 0.5) is 0 Å². The summed E-state index contributed by atoms with van der Waals surface area (Å²) in [6.45, 7) is 0. The van der Waals surface area contributed by atoms with Crippen molar-refractivity contribution in [3.63, 3.8) is 0 Å². The van der Waals surface area contributed by atoms with E-state index < -0.39 is 0 Å². The zero-order valence-electron chi connectivity index (χ0n) is 15.0. The van der Waals surface area contributed by atoms with Crippen LogP contribution in [0, 0.1) is 0 Å². The molecule has 2 aromatic heterocycles. The Morgan fingerprint density at radius 3 is 1.54 bits per heavy atom. The summed E-state index contributed by atoms with van der Waals surface area (Å²) in [5.41, 5.74) is 6.81. The third-order valence-electron chi connectivity index (χ3n) is 5.47. The van der Waals surface area contributed by atoms with Crippen LogP contribution in [0.5, 0.6) is 0 Å². The number of fused-ring (bicyclic) bond motifs is 5. The van der Waals surface area contributed by atoms with Gasteiger partial charge in [-0.25, -0.2) is 9.97 Å². The van der Waals surface area contributed by atoms with E-state index in [0.717, 1.165) is 46.6 Å². The van der Waals surface area contributed by atoms with Crippen LogP contribution in [0.2, 0.25) is 0 Å². The highest BCUT2D eigenvalue weighted by atomic mass is 14.9. The molecule has 1 aliphatic rings. The summed E-state index contributed by atoms with van der Waals surface area (Å²) in [5, 5.41) is 0. The van der Waals surface area contributed by atoms with E-state index in [1.54, 1.807) is 0 Å². The van der Waals surface area contributed by atoms with E-state index in [4.69, 9.17) is 9.97 Å². The van der Waals surface area contributed by atoms with Crippen molar-refractivity contribution in [3.8, 4) is 11.1 Å². The van der Waals surface area contributed by atoms with E-state index in [1.807, 2.05) is 0 Å². The van der Waals surface area contributed by atoms with E-state index in [2.05, 4.69) is 46.4 Å². The highest BCUT2D eigenvalue weighted by molar-refractivity contribution is 5.86. The fourth-order valence-electron chi connectivity index (χ4n) is 4.01. The topological polar surface area (TPSA) is 57.4 Å². The molecule has 4 aromatic rings. The Morgan fingerprint density at radius 2 is 1.04 bits per heavy atom. The Morgan fingerprint density at radius 1 is 0.577 bits per heavy atom. The van der Waals surface area contributed by atoms with Crippen LogP contribution in [0.1, 0.15) is 50.2 Å². The number of aromatic amines is 2. The molecule has 0 atom stereocenters. The number of H-pyrrole nitrogens is 2. The molecule has 0 unspecified atom stereocenters. The lowest BCUT2D eigenvalue weighted by Crippen LogP contribution is -1.90. The van der Waals surface area contributed by atoms with Crippen molar-refractivity contribution < 1.29 is 0 Å². The lowest BCUT2D eigenvalue weighted by molar-refractivity contribution is 0.586. The minimum atomic E-state index is 1.05. The SMILES string of the molecule is c1cc2nc3[nH]c2cc1-c1ccc2nc([nH]c2c1)CCCCCCCC3. The Bertz CT molecular complexity index is 971. The van der Waals surface area contributed by atoms with Gasteiger partial charge in [-0.15, -0.1) is 0 Å². The first kappa shape index (κ1) is 15.6. The number of hydrogen-bond acceptors (Lipinski definition) is 2. The van der Waals surface area contributed by atoms with Crippen LogP contribution < -0.4 is 0 Å². The molecule has 6 bridgehead atoms. The van der Waals surface area contributed by atoms with Gasteiger partial charge >= 0.3 is 0 Å². The van der Waals surface area contributed by atoms with Gasteiger partial charge in [0, 0.05) is 12.8 Å². The number of hydrogen-bond donors (Lipinski definition) is 2. The van der Waals surface area contributed by atoms with Crippen LogP contribution in [-0.4, -0.2) is 19.9 Å². The van der Waals surface area contributed by atoms with Gasteiger partial charge in [-0.05, 0) is 48.2 Å². The molecule has 4 nitrogen and oxygen atoms in total. The fourth-order valence-corrected chi connectivity index (χ4v) is 4.01. The summed E-state index contributed by atoms with van der Waals surface area (Å²) < 4.78 is 0. The summed E-state index contributed by atoms with van der Waals surface area (Å²) >= 11 is 0. The highest BCUT2D eigenvalue weighted by Gasteiger charge is 2.08. The lowest BCUT2D eigenvalue weighted by Gasteiger charge is -2.02. The maximum absolute atomic E-state index is 4.76. The van der Waals surface area contributed by atoms with Crippen molar-refractivity contribution in [2.75, 3.05) is 0 Å². The minimum absolute atomic E-state index is 1.05. The number of nitrogens with zero attached hydrogens (tertiary/aromatic N) is 2. The van der Waals surface area contributed by atoms with E-state index in [1.165, 1.54) is 49.7 Å². The van der Waals surface area contributed by atoms with Crippen molar-refractivity contribution in [2.45, 2.75) is 51.4 Å². The quantitative estimate of drug-likeness (QED) is 0.440. The number of imidazole rings is 2. The molecular formula is C22H24N4. The summed E-state index contributed by atoms with van der Waals surface area (Å²) in [5.74, 6) is 2.24. The smallest absolute Gasteiger partial charge is 0.107 e. The Balaban J connectivity index is 1.57. The third-order valence-corrected chi connectivity index (χ3v) is 5.47. The van der Waals surface area contributed by atoms with E-state index in [-0.39, 0.29) is 0 Å². The summed E-state index contributed by atoms with van der Waals surface area (Å²) in [6.07, 6.45) is 9.72. The summed E-state index contributed by atoms with van der Waals surface area (Å²) in [7, 11) is 0. The van der Waals surface area contributed by atoms with Crippen molar-refractivity contribution in [1.82, 2.24) is 19.9 Å². The second kappa shape index (κ2) is 6.60. The van der Waals surface area contributed by atoms with Crippen LogP contribution >= 0.6 is 0 Å². The minimum Gasteiger partial charge on any atom is -0.342 e. The Kier molecular flexibility index (Phi) is 3.96. The largest absolute Gasteiger partial charge is 0.342 e. The number of aromatic nitrogens is 4. The third kappa shape index (κ3) is 3.00. The molecule has 0 spiro atoms. The zero-order chi connectivity index (χ0) is 17.3. The van der Waals surface area contributed by atoms with E-state index in [9.17, 15) is 0 Å². The molecule has 0 saturated heterocycles. The van der Waals surface area contributed by atoms with Gasteiger partial charge in [0.05, 0.1) is 22.1 Å². The molecule has 26 heavy (non-hydrogen) atoms. The molecular weight excluding hydrogens is 320 g/mol. The van der Waals surface area contributed by atoms with Crippen LogP contribution in [-0.2, 0) is 12.8 Å². The average molecular weight is 344 g/mol. The van der Waals surface area contributed by atoms with Crippen molar-refractivity contribution in [3.05, 3.63) is 48.0 Å². The van der Waals surface area contributed by atoms with Crippen molar-refractivity contribution in [2.24, 2.45) is 0 Å². The van der Waals surface area contributed by atoms with Gasteiger partial charge in [0.25, 0.3) is 0 Å². The van der Waals surface area contributed by atoms with Gasteiger partial charge in [0.2, 0.25) is 0 Å². The molecule has 0 fully saturated rings. The standard InChI is InChI=1S/C22H24N4/c1-2-4-6-8-22-24-18-12-10-16(14-20(18)26-22)15-9-11-17-19(13-15)25-21(23-17)7-5-3-1/h9-14H,1-8H2,(H,23,25)(H,24,26). The monoisotopic (exact) mass is 344 g/mol. The molecule has 0 aliphatic carbocycles. The lowest BCUT2D eigenvalue weighted by atomic mass is 10.0. The first-order chi connectivity index (χ1) is 12.8. The van der Waals surface area contributed by atoms with Gasteiger partial charge in [-0.3, -0.25) is 0 Å². The molecule has 0 saturated carbocycles. The normalized spacial score (nSPS) is 16.0. The molecule has 5 rings (SSSR count). The predicted molar refractivity (Wildman–Crippen MR) is 106 cm³/mol. The number of aryl methyl sites for hydroxylation is 2. The maximum atomic E-state index is 4.76. The van der Waals surface area contributed by atoms with Gasteiger partial charge in [-0.2, -0.15) is 0 Å². The fraction of sp³-hybridized carbons (Fsp3) is 0.364. The van der Waals surface area contributed by atoms with Crippen molar-refractivity contribution >= 4 is 22.1 Å². The molecule has 0 amide bonds. The molecule has 0 radical (unpaired) electrons. The van der Waals surface area contributed by atoms with Gasteiger partial charge in [0.1, 0.15) is 11.6 Å².